The minimum atomic E-state index is -0.0394. The van der Waals surface area contributed by atoms with Gasteiger partial charge in [-0.2, -0.15) is 4.98 Å². The van der Waals surface area contributed by atoms with Gasteiger partial charge in [0.25, 0.3) is 0 Å². The highest BCUT2D eigenvalue weighted by Gasteiger charge is 2.28. The Labute approximate surface area is 226 Å². The third kappa shape index (κ3) is 6.26. The highest BCUT2D eigenvalue weighted by atomic mass is 16.5. The molecule has 0 spiro atoms. The molecule has 1 aromatic heterocycles. The van der Waals surface area contributed by atoms with E-state index in [9.17, 15) is 4.79 Å². The van der Waals surface area contributed by atoms with Gasteiger partial charge in [0.05, 0.1) is 18.5 Å². The van der Waals surface area contributed by atoms with Crippen molar-refractivity contribution in [2.24, 2.45) is 5.92 Å². The topological polar surface area (TPSA) is 74.5 Å². The zero-order chi connectivity index (χ0) is 26.7. The number of nitrogens with one attached hydrogen (secondary N) is 1. The van der Waals surface area contributed by atoms with Crippen molar-refractivity contribution in [3.8, 4) is 11.4 Å². The van der Waals surface area contributed by atoms with Gasteiger partial charge in [-0.25, -0.2) is 0 Å². The Kier molecular flexibility index (Phi) is 7.84. The van der Waals surface area contributed by atoms with E-state index in [4.69, 9.17) is 4.52 Å². The predicted molar refractivity (Wildman–Crippen MR) is 151 cm³/mol. The molecule has 3 heterocycles. The summed E-state index contributed by atoms with van der Waals surface area (Å²) in [5.74, 6) is 1.28. The van der Waals surface area contributed by atoms with Gasteiger partial charge in [0.1, 0.15) is 0 Å². The van der Waals surface area contributed by atoms with Crippen LogP contribution in [0.25, 0.3) is 11.4 Å². The summed E-state index contributed by atoms with van der Waals surface area (Å²) in [5.41, 5.74) is 4.75. The van der Waals surface area contributed by atoms with Gasteiger partial charge < -0.3 is 14.7 Å². The Morgan fingerprint density at radius 2 is 1.74 bits per heavy atom. The summed E-state index contributed by atoms with van der Waals surface area (Å²) < 4.78 is 5.58. The third-order valence-electron chi connectivity index (χ3n) is 7.94. The van der Waals surface area contributed by atoms with E-state index in [0.717, 1.165) is 43.6 Å². The number of hydrogen-bond donors (Lipinski definition) is 1. The first-order chi connectivity index (χ1) is 18.3. The third-order valence-corrected chi connectivity index (χ3v) is 7.94. The number of amides is 1. The minimum Gasteiger partial charge on any atom is -0.372 e. The average molecular weight is 516 g/mol. The first kappa shape index (κ1) is 26.4. The van der Waals surface area contributed by atoms with E-state index >= 15 is 0 Å². The lowest BCUT2D eigenvalue weighted by molar-refractivity contribution is -0.127. The van der Waals surface area contributed by atoms with Crippen molar-refractivity contribution in [3.05, 3.63) is 65.5 Å². The van der Waals surface area contributed by atoms with Gasteiger partial charge >= 0.3 is 0 Å². The van der Waals surface area contributed by atoms with E-state index < -0.39 is 0 Å². The monoisotopic (exact) mass is 515 g/mol. The standard InChI is InChI=1S/C31H41N5O2/c1-22(23-11-15-27(16-12-23)36-18-5-6-19-36)32-30(37)25-8-7-17-35(20-25)21-28-33-29(34-38-28)24-9-13-26(14-10-24)31(2,3)4/h9-16,22,25H,5-8,17-21H2,1-4H3,(H,32,37). The predicted octanol–water partition coefficient (Wildman–Crippen LogP) is 5.72. The van der Waals surface area contributed by atoms with Crippen LogP contribution in [-0.2, 0) is 16.8 Å². The van der Waals surface area contributed by atoms with Gasteiger partial charge in [-0.3, -0.25) is 9.69 Å². The van der Waals surface area contributed by atoms with Crippen LogP contribution in [0, 0.1) is 5.92 Å². The summed E-state index contributed by atoms with van der Waals surface area (Å²) in [6, 6.07) is 17.0. The summed E-state index contributed by atoms with van der Waals surface area (Å²) in [4.78, 5) is 22.5. The van der Waals surface area contributed by atoms with E-state index in [1.807, 2.05) is 0 Å². The van der Waals surface area contributed by atoms with Crippen LogP contribution in [0.3, 0.4) is 0 Å². The first-order valence-corrected chi connectivity index (χ1v) is 14.1. The number of carbonyl (C=O) groups excluding carboxylic acids is 1. The van der Waals surface area contributed by atoms with Crippen molar-refractivity contribution in [2.75, 3.05) is 31.1 Å². The fraction of sp³-hybridized carbons (Fsp3) is 0.516. The molecule has 2 unspecified atom stereocenters. The van der Waals surface area contributed by atoms with Gasteiger partial charge in [-0.05, 0) is 67.8 Å². The molecule has 38 heavy (non-hydrogen) atoms. The molecule has 0 aliphatic carbocycles. The van der Waals surface area contributed by atoms with Crippen LogP contribution in [0.1, 0.15) is 76.4 Å². The number of aromatic nitrogens is 2. The SMILES string of the molecule is CC(NC(=O)C1CCCN(Cc2nc(-c3ccc(C(C)(C)C)cc3)no2)C1)c1ccc(N2CCCC2)cc1. The summed E-state index contributed by atoms with van der Waals surface area (Å²) >= 11 is 0. The maximum absolute atomic E-state index is 13.1. The van der Waals surface area contributed by atoms with Crippen LogP contribution in [-0.4, -0.2) is 47.1 Å². The highest BCUT2D eigenvalue weighted by molar-refractivity contribution is 5.79. The number of anilines is 1. The number of rotatable bonds is 7. The van der Waals surface area contributed by atoms with E-state index in [1.165, 1.54) is 24.1 Å². The number of carbonyl (C=O) groups is 1. The fourth-order valence-corrected chi connectivity index (χ4v) is 5.52. The number of nitrogens with zero attached hydrogens (tertiary/aromatic N) is 4. The first-order valence-electron chi connectivity index (χ1n) is 14.1. The van der Waals surface area contributed by atoms with Crippen molar-refractivity contribution in [1.29, 1.82) is 0 Å². The van der Waals surface area contributed by atoms with Crippen LogP contribution in [0.15, 0.2) is 53.1 Å². The molecule has 2 aliphatic rings. The van der Waals surface area contributed by atoms with Gasteiger partial charge in [-0.15, -0.1) is 0 Å². The van der Waals surface area contributed by atoms with Crippen molar-refractivity contribution >= 4 is 11.6 Å². The quantitative estimate of drug-likeness (QED) is 0.434. The zero-order valence-electron chi connectivity index (χ0n) is 23.2. The van der Waals surface area contributed by atoms with E-state index in [0.29, 0.717) is 24.8 Å². The summed E-state index contributed by atoms with van der Waals surface area (Å²) in [6.45, 7) is 13.1. The van der Waals surface area contributed by atoms with Crippen LogP contribution in [0.5, 0.6) is 0 Å². The smallest absolute Gasteiger partial charge is 0.241 e. The van der Waals surface area contributed by atoms with Crippen LogP contribution in [0.4, 0.5) is 5.69 Å². The Morgan fingerprint density at radius 1 is 1.03 bits per heavy atom. The highest BCUT2D eigenvalue weighted by Crippen LogP contribution is 2.26. The largest absolute Gasteiger partial charge is 0.372 e. The molecule has 2 aliphatic heterocycles. The molecule has 202 valence electrons. The zero-order valence-corrected chi connectivity index (χ0v) is 23.2. The second-order valence-electron chi connectivity index (χ2n) is 11.9. The van der Waals surface area contributed by atoms with Crippen LogP contribution < -0.4 is 10.2 Å². The molecule has 5 rings (SSSR count). The van der Waals surface area contributed by atoms with Crippen LogP contribution in [0.2, 0.25) is 0 Å². The van der Waals surface area contributed by atoms with E-state index in [1.54, 1.807) is 0 Å². The molecule has 0 saturated carbocycles. The van der Waals surface area contributed by atoms with Gasteiger partial charge in [0.15, 0.2) is 0 Å². The Morgan fingerprint density at radius 3 is 2.42 bits per heavy atom. The molecule has 2 saturated heterocycles. The van der Waals surface area contributed by atoms with E-state index in [2.05, 4.69) is 101 Å². The van der Waals surface area contributed by atoms with Crippen LogP contribution >= 0.6 is 0 Å². The maximum atomic E-state index is 13.1. The Hall–Kier alpha value is -3.19. The molecule has 2 fully saturated rings. The second kappa shape index (κ2) is 11.3. The van der Waals surface area contributed by atoms with Gasteiger partial charge in [0.2, 0.25) is 17.6 Å². The number of likely N-dealkylation sites (tertiary alicyclic amines) is 1. The van der Waals surface area contributed by atoms with Crippen molar-refractivity contribution in [3.63, 3.8) is 0 Å². The Bertz CT molecular complexity index is 1210. The molecule has 0 bridgehead atoms. The van der Waals surface area contributed by atoms with Crippen molar-refractivity contribution in [2.45, 2.75) is 71.4 Å². The minimum absolute atomic E-state index is 0.0197. The molecule has 3 aromatic rings. The summed E-state index contributed by atoms with van der Waals surface area (Å²) in [5, 5.41) is 7.46. The molecule has 2 aromatic carbocycles. The van der Waals surface area contributed by atoms with Gasteiger partial charge in [-0.1, -0.05) is 62.3 Å². The van der Waals surface area contributed by atoms with Crippen molar-refractivity contribution < 1.29 is 9.32 Å². The number of piperidine rings is 1. The molecular formula is C31H41N5O2. The lowest BCUT2D eigenvalue weighted by Gasteiger charge is -2.31. The van der Waals surface area contributed by atoms with Gasteiger partial charge in [0, 0.05) is 30.9 Å². The summed E-state index contributed by atoms with van der Waals surface area (Å²) in [7, 11) is 0. The molecule has 1 N–H and O–H groups in total. The maximum Gasteiger partial charge on any atom is 0.241 e. The second-order valence-corrected chi connectivity index (χ2v) is 11.9. The lowest BCUT2D eigenvalue weighted by atomic mass is 9.87. The normalized spacial score (nSPS) is 19.5. The molecular weight excluding hydrogens is 474 g/mol. The molecule has 0 radical (unpaired) electrons. The molecule has 1 amide bonds. The lowest BCUT2D eigenvalue weighted by Crippen LogP contribution is -2.43. The molecule has 7 nitrogen and oxygen atoms in total. The number of hydrogen-bond acceptors (Lipinski definition) is 6. The van der Waals surface area contributed by atoms with E-state index in [-0.39, 0.29) is 23.3 Å². The fourth-order valence-electron chi connectivity index (χ4n) is 5.52. The molecule has 7 heteroatoms. The average Bonchev–Trinajstić information content (AvgIpc) is 3.61. The Balaban J connectivity index is 1.14. The molecule has 2 atom stereocenters. The summed E-state index contributed by atoms with van der Waals surface area (Å²) in [6.07, 6.45) is 4.42. The van der Waals surface area contributed by atoms with Crippen molar-refractivity contribution in [1.82, 2.24) is 20.4 Å². The number of benzene rings is 2.